The van der Waals surface area contributed by atoms with Crippen molar-refractivity contribution < 1.29 is 18.3 Å². The van der Waals surface area contributed by atoms with Gasteiger partial charge in [0.05, 0.1) is 10.5 Å². The van der Waals surface area contributed by atoms with E-state index in [0.717, 1.165) is 6.42 Å². The van der Waals surface area contributed by atoms with Gasteiger partial charge >= 0.3 is 5.97 Å². The summed E-state index contributed by atoms with van der Waals surface area (Å²) in [6.07, 6.45) is 1.50. The van der Waals surface area contributed by atoms with Gasteiger partial charge in [-0.3, -0.25) is 4.79 Å². The van der Waals surface area contributed by atoms with Crippen LogP contribution in [0.1, 0.15) is 31.7 Å². The number of nitriles is 1. The highest BCUT2D eigenvalue weighted by Gasteiger charge is 2.26. The SMILES string of the molecule is CCCC[C@H](NS(=O)(=O)c1ccc(Cl)cc1C#N)C(=O)O. The third-order valence-electron chi connectivity index (χ3n) is 2.79. The molecule has 0 saturated carbocycles. The quantitative estimate of drug-likeness (QED) is 0.796. The van der Waals surface area contributed by atoms with E-state index in [2.05, 4.69) is 4.72 Å². The molecule has 21 heavy (non-hydrogen) atoms. The molecule has 0 radical (unpaired) electrons. The van der Waals surface area contributed by atoms with Crippen LogP contribution in [0.2, 0.25) is 5.02 Å². The van der Waals surface area contributed by atoms with E-state index in [0.29, 0.717) is 6.42 Å². The van der Waals surface area contributed by atoms with Crippen molar-refractivity contribution in [2.24, 2.45) is 0 Å². The third-order valence-corrected chi connectivity index (χ3v) is 4.56. The molecule has 1 aromatic rings. The predicted octanol–water partition coefficient (Wildman–Crippen LogP) is 2.13. The van der Waals surface area contributed by atoms with E-state index in [1.165, 1.54) is 18.2 Å². The second-order valence-corrected chi connectivity index (χ2v) is 6.53. The summed E-state index contributed by atoms with van der Waals surface area (Å²) in [4.78, 5) is 10.8. The maximum Gasteiger partial charge on any atom is 0.321 e. The monoisotopic (exact) mass is 330 g/mol. The summed E-state index contributed by atoms with van der Waals surface area (Å²) in [5, 5.41) is 18.3. The van der Waals surface area contributed by atoms with Gasteiger partial charge in [-0.2, -0.15) is 9.98 Å². The Kier molecular flexibility index (Phi) is 6.15. The second-order valence-electron chi connectivity index (χ2n) is 4.41. The van der Waals surface area contributed by atoms with Crippen LogP contribution in [0.3, 0.4) is 0 Å². The van der Waals surface area contributed by atoms with E-state index < -0.39 is 22.0 Å². The van der Waals surface area contributed by atoms with Crippen molar-refractivity contribution in [3.8, 4) is 6.07 Å². The van der Waals surface area contributed by atoms with Crippen LogP contribution < -0.4 is 4.72 Å². The first kappa shape index (κ1) is 17.4. The summed E-state index contributed by atoms with van der Waals surface area (Å²) in [5.74, 6) is -1.25. The number of benzene rings is 1. The van der Waals surface area contributed by atoms with Crippen LogP contribution in [0.25, 0.3) is 0 Å². The number of halogens is 1. The fourth-order valence-corrected chi connectivity index (χ4v) is 3.25. The zero-order valence-electron chi connectivity index (χ0n) is 11.3. The van der Waals surface area contributed by atoms with Crippen molar-refractivity contribution in [1.29, 1.82) is 5.26 Å². The van der Waals surface area contributed by atoms with E-state index in [1.54, 1.807) is 6.07 Å². The summed E-state index contributed by atoms with van der Waals surface area (Å²) in [6.45, 7) is 1.88. The molecule has 1 rings (SSSR count). The maximum absolute atomic E-state index is 12.2. The Balaban J connectivity index is 3.11. The molecule has 1 atom stereocenters. The number of unbranched alkanes of at least 4 members (excludes halogenated alkanes) is 1. The molecule has 114 valence electrons. The number of carboxylic acid groups (broad SMARTS) is 1. The minimum atomic E-state index is -4.11. The molecule has 6 nitrogen and oxygen atoms in total. The summed E-state index contributed by atoms with van der Waals surface area (Å²) < 4.78 is 26.6. The molecule has 0 aliphatic carbocycles. The molecule has 0 heterocycles. The molecule has 0 saturated heterocycles. The van der Waals surface area contributed by atoms with Crippen LogP contribution in [0.4, 0.5) is 0 Å². The van der Waals surface area contributed by atoms with Gasteiger partial charge < -0.3 is 5.11 Å². The van der Waals surface area contributed by atoms with E-state index >= 15 is 0 Å². The van der Waals surface area contributed by atoms with Gasteiger partial charge in [0.15, 0.2) is 0 Å². The molecule has 0 aromatic heterocycles. The zero-order chi connectivity index (χ0) is 16.0. The van der Waals surface area contributed by atoms with Crippen LogP contribution in [0.5, 0.6) is 0 Å². The lowest BCUT2D eigenvalue weighted by Gasteiger charge is -2.15. The standard InChI is InChI=1S/C13H15ClN2O4S/c1-2-3-4-11(13(17)18)16-21(19,20)12-6-5-10(14)7-9(12)8-15/h5-7,11,16H,2-4H2,1H3,(H,17,18)/t11-/m0/s1. The Morgan fingerprint density at radius 3 is 2.71 bits per heavy atom. The van der Waals surface area contributed by atoms with E-state index in [-0.39, 0.29) is 21.9 Å². The molecule has 2 N–H and O–H groups in total. The topological polar surface area (TPSA) is 107 Å². The highest BCUT2D eigenvalue weighted by molar-refractivity contribution is 7.89. The minimum absolute atomic E-state index is 0.130. The first-order valence-corrected chi connectivity index (χ1v) is 8.12. The van der Waals surface area contributed by atoms with E-state index in [1.807, 2.05) is 6.92 Å². The van der Waals surface area contributed by atoms with Crippen LogP contribution in [0, 0.1) is 11.3 Å². The number of aliphatic carboxylic acids is 1. The average Bonchev–Trinajstić information content (AvgIpc) is 2.42. The Hall–Kier alpha value is -1.62. The number of rotatable bonds is 7. The van der Waals surface area contributed by atoms with Crippen LogP contribution in [-0.2, 0) is 14.8 Å². The van der Waals surface area contributed by atoms with Crippen molar-refractivity contribution in [2.45, 2.75) is 37.1 Å². The molecule has 0 unspecified atom stereocenters. The molecular weight excluding hydrogens is 316 g/mol. The average molecular weight is 331 g/mol. The fraction of sp³-hybridized carbons (Fsp3) is 0.385. The Labute approximate surface area is 128 Å². The smallest absolute Gasteiger partial charge is 0.321 e. The number of hydrogen-bond donors (Lipinski definition) is 2. The number of hydrogen-bond acceptors (Lipinski definition) is 4. The highest BCUT2D eigenvalue weighted by Crippen LogP contribution is 2.20. The van der Waals surface area contributed by atoms with Crippen LogP contribution in [-0.4, -0.2) is 25.5 Å². The van der Waals surface area contributed by atoms with E-state index in [9.17, 15) is 13.2 Å². The van der Waals surface area contributed by atoms with Gasteiger partial charge in [0.25, 0.3) is 0 Å². The Morgan fingerprint density at radius 1 is 1.52 bits per heavy atom. The number of sulfonamides is 1. The maximum atomic E-state index is 12.2. The third kappa shape index (κ3) is 4.70. The molecule has 0 aliphatic heterocycles. The lowest BCUT2D eigenvalue weighted by atomic mass is 10.1. The summed E-state index contributed by atoms with van der Waals surface area (Å²) in [7, 11) is -4.11. The highest BCUT2D eigenvalue weighted by atomic mass is 35.5. The van der Waals surface area contributed by atoms with Crippen molar-refractivity contribution in [1.82, 2.24) is 4.72 Å². The molecule has 0 amide bonds. The van der Waals surface area contributed by atoms with Crippen LogP contribution >= 0.6 is 11.6 Å². The molecule has 0 aliphatic rings. The van der Waals surface area contributed by atoms with Gasteiger partial charge in [-0.25, -0.2) is 8.42 Å². The molecule has 1 aromatic carbocycles. The zero-order valence-corrected chi connectivity index (χ0v) is 12.9. The molecule has 8 heteroatoms. The van der Waals surface area contributed by atoms with Crippen LogP contribution in [0.15, 0.2) is 23.1 Å². The first-order valence-electron chi connectivity index (χ1n) is 6.26. The second kappa shape index (κ2) is 7.41. The van der Waals surface area contributed by atoms with Crippen molar-refractivity contribution in [2.75, 3.05) is 0 Å². The largest absolute Gasteiger partial charge is 0.480 e. The van der Waals surface area contributed by atoms with E-state index in [4.69, 9.17) is 22.0 Å². The number of nitrogens with one attached hydrogen (secondary N) is 1. The van der Waals surface area contributed by atoms with Crippen molar-refractivity contribution >= 4 is 27.6 Å². The molecule has 0 spiro atoms. The van der Waals surface area contributed by atoms with Gasteiger partial charge in [-0.15, -0.1) is 0 Å². The Bertz CT molecular complexity index is 667. The van der Waals surface area contributed by atoms with Gasteiger partial charge in [-0.1, -0.05) is 31.4 Å². The van der Waals surface area contributed by atoms with Gasteiger partial charge in [-0.05, 0) is 24.6 Å². The number of carbonyl (C=O) groups is 1. The lowest BCUT2D eigenvalue weighted by Crippen LogP contribution is -2.40. The normalized spacial score (nSPS) is 12.6. The Morgan fingerprint density at radius 2 is 2.19 bits per heavy atom. The summed E-state index contributed by atoms with van der Waals surface area (Å²) >= 11 is 5.71. The van der Waals surface area contributed by atoms with Gasteiger partial charge in [0.1, 0.15) is 12.1 Å². The predicted molar refractivity (Wildman–Crippen MR) is 77.4 cm³/mol. The number of nitrogens with zero attached hydrogens (tertiary/aromatic N) is 1. The van der Waals surface area contributed by atoms with Gasteiger partial charge in [0.2, 0.25) is 10.0 Å². The summed E-state index contributed by atoms with van der Waals surface area (Å²) in [6, 6.07) is 4.25. The minimum Gasteiger partial charge on any atom is -0.480 e. The number of carboxylic acids is 1. The summed E-state index contributed by atoms with van der Waals surface area (Å²) in [5.41, 5.74) is -0.130. The molecular formula is C13H15ClN2O4S. The first-order chi connectivity index (χ1) is 9.81. The fourth-order valence-electron chi connectivity index (χ4n) is 1.72. The molecule has 0 fully saturated rings. The molecule has 0 bridgehead atoms. The van der Waals surface area contributed by atoms with Crippen molar-refractivity contribution in [3.63, 3.8) is 0 Å². The van der Waals surface area contributed by atoms with Gasteiger partial charge in [0, 0.05) is 5.02 Å². The van der Waals surface area contributed by atoms with Crippen molar-refractivity contribution in [3.05, 3.63) is 28.8 Å². The lowest BCUT2D eigenvalue weighted by molar-refractivity contribution is -0.139.